The van der Waals surface area contributed by atoms with E-state index in [1.165, 1.54) is 11.8 Å². The number of halogens is 1. The molecule has 0 radical (unpaired) electrons. The number of methoxy groups -OCH3 is 1. The van der Waals surface area contributed by atoms with E-state index in [0.717, 1.165) is 11.5 Å². The Morgan fingerprint density at radius 1 is 1.17 bits per heavy atom. The van der Waals surface area contributed by atoms with Crippen LogP contribution in [0.5, 0.6) is 11.5 Å². The summed E-state index contributed by atoms with van der Waals surface area (Å²) in [4.78, 5) is 12.2. The predicted octanol–water partition coefficient (Wildman–Crippen LogP) is 4.49. The van der Waals surface area contributed by atoms with Crippen molar-refractivity contribution in [2.24, 2.45) is 0 Å². The van der Waals surface area contributed by atoms with Gasteiger partial charge in [-0.25, -0.2) is 0 Å². The molecule has 4 nitrogen and oxygen atoms in total. The highest BCUT2D eigenvalue weighted by Crippen LogP contribution is 2.22. The molecule has 0 fully saturated rings. The number of rotatable bonds is 8. The van der Waals surface area contributed by atoms with E-state index in [0.29, 0.717) is 23.1 Å². The SMILES string of the molecule is COc1ccc(OCCSC(C)C(=O)Nc2ccccc2Cl)cc1. The van der Waals surface area contributed by atoms with Crippen molar-refractivity contribution >= 4 is 35.0 Å². The van der Waals surface area contributed by atoms with Crippen LogP contribution in [0.25, 0.3) is 0 Å². The lowest BCUT2D eigenvalue weighted by atomic mass is 10.3. The molecule has 2 aromatic carbocycles. The molecular weight excluding hydrogens is 346 g/mol. The number of hydrogen-bond donors (Lipinski definition) is 1. The summed E-state index contributed by atoms with van der Waals surface area (Å²) in [5.41, 5.74) is 0.631. The van der Waals surface area contributed by atoms with Gasteiger partial charge in [0, 0.05) is 5.75 Å². The standard InChI is InChI=1S/C18H20ClNO3S/c1-13(18(21)20-17-6-4-3-5-16(17)19)24-12-11-23-15-9-7-14(22-2)8-10-15/h3-10,13H,11-12H2,1-2H3,(H,20,21). The normalized spacial score (nSPS) is 11.6. The van der Waals surface area contributed by atoms with E-state index in [9.17, 15) is 4.79 Å². The van der Waals surface area contributed by atoms with Crippen molar-refractivity contribution in [1.82, 2.24) is 0 Å². The highest BCUT2D eigenvalue weighted by molar-refractivity contribution is 8.00. The first-order valence-electron chi connectivity index (χ1n) is 7.54. The van der Waals surface area contributed by atoms with Gasteiger partial charge in [0.15, 0.2) is 0 Å². The first-order chi connectivity index (χ1) is 11.6. The largest absolute Gasteiger partial charge is 0.497 e. The first kappa shape index (κ1) is 18.5. The molecule has 1 N–H and O–H groups in total. The fourth-order valence-electron chi connectivity index (χ4n) is 1.93. The summed E-state index contributed by atoms with van der Waals surface area (Å²) in [7, 11) is 1.63. The van der Waals surface area contributed by atoms with E-state index in [2.05, 4.69) is 5.32 Å². The summed E-state index contributed by atoms with van der Waals surface area (Å²) in [6.07, 6.45) is 0. The van der Waals surface area contributed by atoms with Crippen LogP contribution < -0.4 is 14.8 Å². The maximum absolute atomic E-state index is 12.2. The van der Waals surface area contributed by atoms with E-state index in [4.69, 9.17) is 21.1 Å². The van der Waals surface area contributed by atoms with Crippen molar-refractivity contribution in [2.45, 2.75) is 12.2 Å². The van der Waals surface area contributed by atoms with Crippen LogP contribution in [0.2, 0.25) is 5.02 Å². The highest BCUT2D eigenvalue weighted by atomic mass is 35.5. The van der Waals surface area contributed by atoms with Crippen LogP contribution in [-0.2, 0) is 4.79 Å². The number of nitrogens with one attached hydrogen (secondary N) is 1. The van der Waals surface area contributed by atoms with E-state index in [-0.39, 0.29) is 11.2 Å². The van der Waals surface area contributed by atoms with Gasteiger partial charge in [-0.1, -0.05) is 23.7 Å². The summed E-state index contributed by atoms with van der Waals surface area (Å²) in [6.45, 7) is 2.39. The number of amides is 1. The summed E-state index contributed by atoms with van der Waals surface area (Å²) < 4.78 is 10.7. The Morgan fingerprint density at radius 2 is 1.83 bits per heavy atom. The van der Waals surface area contributed by atoms with Crippen LogP contribution in [0, 0.1) is 0 Å². The molecule has 2 aromatic rings. The molecule has 128 valence electrons. The van der Waals surface area contributed by atoms with Crippen LogP contribution in [0.15, 0.2) is 48.5 Å². The smallest absolute Gasteiger partial charge is 0.237 e. The zero-order chi connectivity index (χ0) is 17.4. The number of ether oxygens (including phenoxy) is 2. The van der Waals surface area contributed by atoms with Crippen LogP contribution in [0.4, 0.5) is 5.69 Å². The number of para-hydroxylation sites is 1. The minimum Gasteiger partial charge on any atom is -0.497 e. The lowest BCUT2D eigenvalue weighted by Crippen LogP contribution is -2.23. The van der Waals surface area contributed by atoms with Gasteiger partial charge >= 0.3 is 0 Å². The average Bonchev–Trinajstić information content (AvgIpc) is 2.61. The number of benzene rings is 2. The van der Waals surface area contributed by atoms with Crippen molar-refractivity contribution in [3.05, 3.63) is 53.6 Å². The van der Waals surface area contributed by atoms with Crippen molar-refractivity contribution in [3.8, 4) is 11.5 Å². The second-order valence-electron chi connectivity index (χ2n) is 5.01. The zero-order valence-corrected chi connectivity index (χ0v) is 15.2. The fraction of sp³-hybridized carbons (Fsp3) is 0.278. The lowest BCUT2D eigenvalue weighted by Gasteiger charge is -2.13. The van der Waals surface area contributed by atoms with Gasteiger partial charge in [-0.3, -0.25) is 4.79 Å². The Kier molecular flexibility index (Phi) is 7.28. The van der Waals surface area contributed by atoms with Crippen molar-refractivity contribution in [3.63, 3.8) is 0 Å². The topological polar surface area (TPSA) is 47.6 Å². The number of anilines is 1. The monoisotopic (exact) mass is 365 g/mol. The van der Waals surface area contributed by atoms with Gasteiger partial charge in [-0.05, 0) is 43.3 Å². The number of hydrogen-bond acceptors (Lipinski definition) is 4. The Labute approximate surface area is 151 Å². The molecule has 1 unspecified atom stereocenters. The summed E-state index contributed by atoms with van der Waals surface area (Å²) in [6, 6.07) is 14.6. The molecule has 2 rings (SSSR count). The molecule has 1 amide bonds. The maximum Gasteiger partial charge on any atom is 0.237 e. The van der Waals surface area contributed by atoms with Gasteiger partial charge in [0.05, 0.1) is 29.7 Å². The van der Waals surface area contributed by atoms with Crippen LogP contribution in [0.1, 0.15) is 6.92 Å². The van der Waals surface area contributed by atoms with Gasteiger partial charge in [0.25, 0.3) is 0 Å². The number of carbonyl (C=O) groups excluding carboxylic acids is 1. The molecule has 0 aliphatic rings. The average molecular weight is 366 g/mol. The van der Waals surface area contributed by atoms with Crippen molar-refractivity contribution in [2.75, 3.05) is 24.8 Å². The minimum absolute atomic E-state index is 0.0717. The summed E-state index contributed by atoms with van der Waals surface area (Å²) in [5.74, 6) is 2.21. The Bertz CT molecular complexity index is 664. The summed E-state index contributed by atoms with van der Waals surface area (Å²) in [5, 5.41) is 3.17. The third-order valence-corrected chi connectivity index (χ3v) is 4.73. The number of carbonyl (C=O) groups is 1. The van der Waals surface area contributed by atoms with E-state index >= 15 is 0 Å². The quantitative estimate of drug-likeness (QED) is 0.700. The molecule has 1 atom stereocenters. The third kappa shape index (κ3) is 5.65. The second-order valence-corrected chi connectivity index (χ2v) is 6.86. The molecule has 0 aliphatic carbocycles. The molecule has 24 heavy (non-hydrogen) atoms. The highest BCUT2D eigenvalue weighted by Gasteiger charge is 2.14. The third-order valence-electron chi connectivity index (χ3n) is 3.28. The Balaban J connectivity index is 1.71. The van der Waals surface area contributed by atoms with Crippen LogP contribution in [-0.4, -0.2) is 30.6 Å². The van der Waals surface area contributed by atoms with E-state index in [1.54, 1.807) is 19.2 Å². The Hall–Kier alpha value is -1.85. The maximum atomic E-state index is 12.2. The lowest BCUT2D eigenvalue weighted by molar-refractivity contribution is -0.115. The summed E-state index contributed by atoms with van der Waals surface area (Å²) >= 11 is 7.57. The molecule has 0 aromatic heterocycles. The number of thioether (sulfide) groups is 1. The molecule has 0 spiro atoms. The Morgan fingerprint density at radius 3 is 2.50 bits per heavy atom. The molecule has 6 heteroatoms. The zero-order valence-electron chi connectivity index (χ0n) is 13.6. The minimum atomic E-state index is -0.194. The van der Waals surface area contributed by atoms with Crippen molar-refractivity contribution < 1.29 is 14.3 Å². The molecule has 0 bridgehead atoms. The molecule has 0 saturated heterocycles. The van der Waals surface area contributed by atoms with Crippen LogP contribution in [0.3, 0.4) is 0 Å². The molecular formula is C18H20ClNO3S. The van der Waals surface area contributed by atoms with Gasteiger partial charge < -0.3 is 14.8 Å². The van der Waals surface area contributed by atoms with E-state index < -0.39 is 0 Å². The fourth-order valence-corrected chi connectivity index (χ4v) is 2.86. The van der Waals surface area contributed by atoms with Gasteiger partial charge in [-0.15, -0.1) is 11.8 Å². The van der Waals surface area contributed by atoms with Crippen molar-refractivity contribution in [1.29, 1.82) is 0 Å². The van der Waals surface area contributed by atoms with E-state index in [1.807, 2.05) is 43.3 Å². The van der Waals surface area contributed by atoms with Gasteiger partial charge in [-0.2, -0.15) is 0 Å². The second kappa shape index (κ2) is 9.45. The molecule has 0 aliphatic heterocycles. The predicted molar refractivity (Wildman–Crippen MR) is 100 cm³/mol. The molecule has 0 saturated carbocycles. The van der Waals surface area contributed by atoms with Gasteiger partial charge in [0.1, 0.15) is 11.5 Å². The van der Waals surface area contributed by atoms with Gasteiger partial charge in [0.2, 0.25) is 5.91 Å². The van der Waals surface area contributed by atoms with Crippen LogP contribution >= 0.6 is 23.4 Å². The first-order valence-corrected chi connectivity index (χ1v) is 8.96. The molecule has 0 heterocycles.